The average molecular weight is 849 g/mol. The molecule has 314 valence electrons. The molecule has 1 atom stereocenters. The second-order valence-corrected chi connectivity index (χ2v) is 16.4. The molecule has 0 saturated carbocycles. The molecule has 10 rings (SSSR count). The number of carbonyl (C=O) groups is 2. The number of benzene rings is 10. The van der Waals surface area contributed by atoms with Gasteiger partial charge in [0.2, 0.25) is 0 Å². The number of rotatable bonds is 12. The van der Waals surface area contributed by atoms with Crippen LogP contribution < -0.4 is 0 Å². The van der Waals surface area contributed by atoms with Crippen molar-refractivity contribution in [2.75, 3.05) is 0 Å². The highest BCUT2D eigenvalue weighted by Crippen LogP contribution is 2.37. The molecule has 0 amide bonds. The van der Waals surface area contributed by atoms with Gasteiger partial charge < -0.3 is 5.11 Å². The molecule has 0 aliphatic carbocycles. The molecule has 0 aliphatic rings. The fourth-order valence-corrected chi connectivity index (χ4v) is 8.82. The van der Waals surface area contributed by atoms with Gasteiger partial charge in [0, 0.05) is 22.3 Å². The Hall–Kier alpha value is -8.50. The zero-order valence-electron chi connectivity index (χ0n) is 36.1. The van der Waals surface area contributed by atoms with Crippen LogP contribution in [0.2, 0.25) is 0 Å². The highest BCUT2D eigenvalue weighted by atomic mass is 16.3. The van der Waals surface area contributed by atoms with E-state index in [-0.39, 0.29) is 11.6 Å². The van der Waals surface area contributed by atoms with Gasteiger partial charge >= 0.3 is 0 Å². The van der Waals surface area contributed by atoms with Crippen LogP contribution in [-0.2, 0) is 0 Å². The molecule has 0 aliphatic heterocycles. The van der Waals surface area contributed by atoms with Crippen LogP contribution >= 0.6 is 0 Å². The fourth-order valence-electron chi connectivity index (χ4n) is 8.82. The van der Waals surface area contributed by atoms with Crippen LogP contribution in [0.25, 0.3) is 66.8 Å². The number of hydrogen-bond acceptors (Lipinski definition) is 3. The van der Waals surface area contributed by atoms with Crippen molar-refractivity contribution < 1.29 is 14.7 Å². The number of carbonyl (C=O) groups excluding carboxylic acids is 2. The Labute approximate surface area is 385 Å². The van der Waals surface area contributed by atoms with Crippen molar-refractivity contribution >= 4 is 11.6 Å². The Bertz CT molecular complexity index is 3140. The second-order valence-electron chi connectivity index (χ2n) is 16.4. The highest BCUT2D eigenvalue weighted by Gasteiger charge is 2.19. The fraction of sp³-hybridized carbons (Fsp3) is 0.0159. The molecule has 10 aromatic carbocycles. The van der Waals surface area contributed by atoms with E-state index in [1.807, 2.05) is 212 Å². The predicted octanol–water partition coefficient (Wildman–Crippen LogP) is 15.2. The largest absolute Gasteiger partial charge is 0.384 e. The number of ketones is 2. The van der Waals surface area contributed by atoms with E-state index in [1.165, 1.54) is 0 Å². The van der Waals surface area contributed by atoms with E-state index >= 15 is 0 Å². The van der Waals surface area contributed by atoms with Crippen LogP contribution in [0.4, 0.5) is 0 Å². The zero-order valence-corrected chi connectivity index (χ0v) is 36.1. The van der Waals surface area contributed by atoms with Crippen molar-refractivity contribution in [1.29, 1.82) is 0 Å². The number of aliphatic hydroxyl groups excluding tert-OH is 1. The maximum atomic E-state index is 14.0. The number of aliphatic hydroxyl groups is 1. The quantitative estimate of drug-likeness (QED) is 0.125. The van der Waals surface area contributed by atoms with Crippen LogP contribution in [0, 0.1) is 0 Å². The Kier molecular flexibility index (Phi) is 11.8. The zero-order chi connectivity index (χ0) is 44.8. The van der Waals surface area contributed by atoms with E-state index < -0.39 is 6.10 Å². The lowest BCUT2D eigenvalue weighted by Crippen LogP contribution is -2.03. The van der Waals surface area contributed by atoms with Crippen LogP contribution in [0.1, 0.15) is 49.1 Å². The first-order valence-corrected chi connectivity index (χ1v) is 22.2. The molecule has 0 heterocycles. The standard InChI is InChI=1S/C63H44O3/c64-61(58-25-13-10-22-55(58)46-16-4-1-5-17-46)49-34-28-43(29-35-49)52-40-53(44-30-36-50(37-31-44)62(65)59-26-14-11-23-56(59)47-18-6-2-7-19-47)42-54(41-52)45-32-38-51(39-33-45)63(66)60-27-15-12-24-57(60)48-20-8-3-9-21-48/h1-42,61,64H. The predicted molar refractivity (Wildman–Crippen MR) is 269 cm³/mol. The van der Waals surface area contributed by atoms with Crippen LogP contribution in [0.15, 0.2) is 255 Å². The van der Waals surface area contributed by atoms with E-state index in [0.29, 0.717) is 22.3 Å². The number of hydrogen-bond donors (Lipinski definition) is 1. The maximum absolute atomic E-state index is 14.0. The summed E-state index contributed by atoms with van der Waals surface area (Å²) in [6.07, 6.45) is -0.820. The van der Waals surface area contributed by atoms with Crippen molar-refractivity contribution in [2.45, 2.75) is 6.10 Å². The first kappa shape index (κ1) is 41.5. The summed E-state index contributed by atoms with van der Waals surface area (Å²) in [4.78, 5) is 28.1. The van der Waals surface area contributed by atoms with Gasteiger partial charge in [0.1, 0.15) is 6.10 Å². The summed E-state index contributed by atoms with van der Waals surface area (Å²) in [5.74, 6) is -0.0738. The Morgan fingerprint density at radius 1 is 0.288 bits per heavy atom. The summed E-state index contributed by atoms with van der Waals surface area (Å²) in [5, 5.41) is 11.7. The second kappa shape index (κ2) is 18.7. The highest BCUT2D eigenvalue weighted by molar-refractivity contribution is 6.14. The lowest BCUT2D eigenvalue weighted by Gasteiger charge is -2.17. The third-order valence-corrected chi connectivity index (χ3v) is 12.3. The van der Waals surface area contributed by atoms with Gasteiger partial charge in [0.05, 0.1) is 0 Å². The summed E-state index contributed by atoms with van der Waals surface area (Å²) >= 11 is 0. The van der Waals surface area contributed by atoms with Gasteiger partial charge in [-0.05, 0) is 96.1 Å². The third kappa shape index (κ3) is 8.59. The molecular weight excluding hydrogens is 805 g/mol. The maximum Gasteiger partial charge on any atom is 0.193 e. The van der Waals surface area contributed by atoms with E-state index in [0.717, 1.165) is 77.9 Å². The van der Waals surface area contributed by atoms with Crippen molar-refractivity contribution in [2.24, 2.45) is 0 Å². The van der Waals surface area contributed by atoms with Crippen LogP contribution in [0.5, 0.6) is 0 Å². The Balaban J connectivity index is 0.997. The minimum Gasteiger partial charge on any atom is -0.384 e. The van der Waals surface area contributed by atoms with Gasteiger partial charge in [-0.25, -0.2) is 0 Å². The van der Waals surface area contributed by atoms with Crippen molar-refractivity contribution in [1.82, 2.24) is 0 Å². The molecule has 3 heteroatoms. The van der Waals surface area contributed by atoms with E-state index in [4.69, 9.17) is 0 Å². The van der Waals surface area contributed by atoms with Crippen molar-refractivity contribution in [3.63, 3.8) is 0 Å². The van der Waals surface area contributed by atoms with Crippen LogP contribution in [-0.4, -0.2) is 16.7 Å². The monoisotopic (exact) mass is 848 g/mol. The molecule has 0 saturated heterocycles. The molecule has 66 heavy (non-hydrogen) atoms. The molecule has 0 radical (unpaired) electrons. The average Bonchev–Trinajstić information content (AvgIpc) is 3.41. The van der Waals surface area contributed by atoms with Gasteiger partial charge in [0.25, 0.3) is 0 Å². The van der Waals surface area contributed by atoms with Gasteiger partial charge in [-0.3, -0.25) is 9.59 Å². The molecule has 10 aromatic rings. The molecule has 3 nitrogen and oxygen atoms in total. The Morgan fingerprint density at radius 2 is 0.606 bits per heavy atom. The SMILES string of the molecule is O=C(c1ccc(-c2cc(-c3ccc(C(=O)c4ccccc4-c4ccccc4)cc3)cc(-c3ccc(C(O)c4ccccc4-c4ccccc4)cc3)c2)cc1)c1ccccc1-c1ccccc1. The van der Waals surface area contributed by atoms with Gasteiger partial charge in [-0.2, -0.15) is 0 Å². The van der Waals surface area contributed by atoms with Gasteiger partial charge in [-0.15, -0.1) is 0 Å². The van der Waals surface area contributed by atoms with E-state index in [2.05, 4.69) is 42.5 Å². The topological polar surface area (TPSA) is 54.4 Å². The molecule has 1 N–H and O–H groups in total. The molecular formula is C63H44O3. The van der Waals surface area contributed by atoms with E-state index in [9.17, 15) is 14.7 Å². The van der Waals surface area contributed by atoms with Crippen molar-refractivity contribution in [3.8, 4) is 66.8 Å². The first-order chi connectivity index (χ1) is 32.5. The van der Waals surface area contributed by atoms with Crippen LogP contribution in [0.3, 0.4) is 0 Å². The van der Waals surface area contributed by atoms with Gasteiger partial charge in [-0.1, -0.05) is 237 Å². The molecule has 0 bridgehead atoms. The first-order valence-electron chi connectivity index (χ1n) is 22.2. The lowest BCUT2D eigenvalue weighted by atomic mass is 9.89. The molecule has 0 spiro atoms. The third-order valence-electron chi connectivity index (χ3n) is 12.3. The summed E-state index contributed by atoms with van der Waals surface area (Å²) in [6, 6.07) is 83.9. The summed E-state index contributed by atoms with van der Waals surface area (Å²) < 4.78 is 0. The van der Waals surface area contributed by atoms with Crippen molar-refractivity contribution in [3.05, 3.63) is 288 Å². The Morgan fingerprint density at radius 3 is 1.02 bits per heavy atom. The summed E-state index contributed by atoms with van der Waals surface area (Å²) in [5.41, 5.74) is 15.8. The normalized spacial score (nSPS) is 11.5. The van der Waals surface area contributed by atoms with Gasteiger partial charge in [0.15, 0.2) is 11.6 Å². The minimum absolute atomic E-state index is 0.0369. The lowest BCUT2D eigenvalue weighted by molar-refractivity contribution is 0.103. The minimum atomic E-state index is -0.820. The molecule has 0 fully saturated rings. The molecule has 1 unspecified atom stereocenters. The smallest absolute Gasteiger partial charge is 0.193 e. The van der Waals surface area contributed by atoms with E-state index in [1.54, 1.807) is 0 Å². The molecule has 0 aromatic heterocycles. The summed E-state index contributed by atoms with van der Waals surface area (Å²) in [6.45, 7) is 0. The summed E-state index contributed by atoms with van der Waals surface area (Å²) in [7, 11) is 0.